The SMILES string of the molecule is COc1cccc(-n2c(=O)c(C(=O)Nc3cc(F)cc(F)c3)c(O)c3cccnc32)c1. The predicted molar refractivity (Wildman–Crippen MR) is 110 cm³/mol. The van der Waals surface area contributed by atoms with E-state index in [0.717, 1.165) is 16.7 Å². The molecule has 2 heterocycles. The summed E-state index contributed by atoms with van der Waals surface area (Å²) in [5.74, 6) is -2.98. The van der Waals surface area contributed by atoms with E-state index in [0.29, 0.717) is 17.5 Å². The average Bonchev–Trinajstić information content (AvgIpc) is 2.73. The van der Waals surface area contributed by atoms with Crippen LogP contribution in [-0.4, -0.2) is 27.7 Å². The summed E-state index contributed by atoms with van der Waals surface area (Å²) in [6.45, 7) is 0. The van der Waals surface area contributed by atoms with Gasteiger partial charge in [-0.25, -0.2) is 13.8 Å². The van der Waals surface area contributed by atoms with Crippen LogP contribution in [-0.2, 0) is 0 Å². The van der Waals surface area contributed by atoms with Crippen LogP contribution in [0, 0.1) is 11.6 Å². The molecule has 9 heteroatoms. The number of carbonyl (C=O) groups excluding carboxylic acids is 1. The molecule has 0 spiro atoms. The van der Waals surface area contributed by atoms with Crippen LogP contribution in [0.3, 0.4) is 0 Å². The minimum absolute atomic E-state index is 0.117. The summed E-state index contributed by atoms with van der Waals surface area (Å²) in [6, 6.07) is 12.0. The van der Waals surface area contributed by atoms with Crippen molar-refractivity contribution in [2.24, 2.45) is 0 Å². The second-order valence-electron chi connectivity index (χ2n) is 6.55. The summed E-state index contributed by atoms with van der Waals surface area (Å²) in [6.07, 6.45) is 1.44. The Hall–Kier alpha value is -4.27. The Bertz CT molecular complexity index is 1370. The van der Waals surface area contributed by atoms with Crippen LogP contribution in [0.5, 0.6) is 11.5 Å². The molecular weight excluding hydrogens is 408 g/mol. The van der Waals surface area contributed by atoms with Crippen LogP contribution in [0.4, 0.5) is 14.5 Å². The van der Waals surface area contributed by atoms with Gasteiger partial charge >= 0.3 is 0 Å². The van der Waals surface area contributed by atoms with Gasteiger partial charge in [-0.3, -0.25) is 14.2 Å². The zero-order valence-electron chi connectivity index (χ0n) is 16.1. The molecule has 1 amide bonds. The molecule has 0 fully saturated rings. The Labute approximate surface area is 174 Å². The first-order valence-corrected chi connectivity index (χ1v) is 9.03. The first kappa shape index (κ1) is 20.0. The molecule has 4 aromatic rings. The lowest BCUT2D eigenvalue weighted by molar-refractivity contribution is 0.102. The third-order valence-corrected chi connectivity index (χ3v) is 4.57. The highest BCUT2D eigenvalue weighted by atomic mass is 19.1. The molecule has 0 bridgehead atoms. The van der Waals surface area contributed by atoms with Gasteiger partial charge in [0.15, 0.2) is 5.65 Å². The fourth-order valence-corrected chi connectivity index (χ4v) is 3.22. The third-order valence-electron chi connectivity index (χ3n) is 4.57. The number of aromatic hydroxyl groups is 1. The van der Waals surface area contributed by atoms with Crippen LogP contribution in [0.15, 0.2) is 65.6 Å². The molecule has 0 radical (unpaired) electrons. The number of ether oxygens (including phenoxy) is 1. The van der Waals surface area contributed by atoms with E-state index in [4.69, 9.17) is 4.74 Å². The number of amides is 1. The van der Waals surface area contributed by atoms with Gasteiger partial charge < -0.3 is 15.2 Å². The molecule has 0 aliphatic rings. The number of carbonyl (C=O) groups is 1. The van der Waals surface area contributed by atoms with Crippen LogP contribution >= 0.6 is 0 Å². The van der Waals surface area contributed by atoms with Crippen LogP contribution in [0.25, 0.3) is 16.7 Å². The quantitative estimate of drug-likeness (QED) is 0.523. The first-order chi connectivity index (χ1) is 14.9. The summed E-state index contributed by atoms with van der Waals surface area (Å²) in [5.41, 5.74) is -1.22. The van der Waals surface area contributed by atoms with E-state index >= 15 is 0 Å². The molecule has 0 saturated carbocycles. The lowest BCUT2D eigenvalue weighted by Crippen LogP contribution is -2.29. The summed E-state index contributed by atoms with van der Waals surface area (Å²) in [5, 5.41) is 13.1. The van der Waals surface area contributed by atoms with Gasteiger partial charge in [0.1, 0.15) is 28.7 Å². The van der Waals surface area contributed by atoms with Gasteiger partial charge in [0.2, 0.25) is 0 Å². The number of hydrogen-bond donors (Lipinski definition) is 2. The van der Waals surface area contributed by atoms with E-state index in [2.05, 4.69) is 10.3 Å². The number of pyridine rings is 2. The molecule has 0 aliphatic heterocycles. The van der Waals surface area contributed by atoms with Crippen LogP contribution < -0.4 is 15.6 Å². The Balaban J connectivity index is 1.93. The number of nitrogens with one attached hydrogen (secondary N) is 1. The average molecular weight is 423 g/mol. The van der Waals surface area contributed by atoms with E-state index in [1.165, 1.54) is 25.4 Å². The van der Waals surface area contributed by atoms with Gasteiger partial charge in [0.05, 0.1) is 18.2 Å². The van der Waals surface area contributed by atoms with E-state index in [9.17, 15) is 23.5 Å². The lowest BCUT2D eigenvalue weighted by atomic mass is 10.1. The maximum Gasteiger partial charge on any atom is 0.273 e. The summed E-state index contributed by atoms with van der Waals surface area (Å²) in [7, 11) is 1.46. The van der Waals surface area contributed by atoms with Crippen LogP contribution in [0.1, 0.15) is 10.4 Å². The number of rotatable bonds is 4. The molecule has 156 valence electrons. The molecule has 0 atom stereocenters. The zero-order chi connectivity index (χ0) is 22.1. The minimum Gasteiger partial charge on any atom is -0.506 e. The van der Waals surface area contributed by atoms with E-state index < -0.39 is 34.4 Å². The largest absolute Gasteiger partial charge is 0.506 e. The van der Waals surface area contributed by atoms with Crippen molar-refractivity contribution in [2.75, 3.05) is 12.4 Å². The Morgan fingerprint density at radius 3 is 2.55 bits per heavy atom. The number of fused-ring (bicyclic) bond motifs is 1. The zero-order valence-corrected chi connectivity index (χ0v) is 16.1. The van der Waals surface area contributed by atoms with Crippen molar-refractivity contribution in [3.05, 3.63) is 88.3 Å². The number of nitrogens with zero attached hydrogens (tertiary/aromatic N) is 2. The summed E-state index contributed by atoms with van der Waals surface area (Å²) in [4.78, 5) is 30.3. The van der Waals surface area contributed by atoms with Crippen molar-refractivity contribution in [1.29, 1.82) is 0 Å². The molecule has 7 nitrogen and oxygen atoms in total. The molecule has 4 rings (SSSR count). The second-order valence-corrected chi connectivity index (χ2v) is 6.55. The fraction of sp³-hybridized carbons (Fsp3) is 0.0455. The van der Waals surface area contributed by atoms with E-state index in [1.54, 1.807) is 24.3 Å². The normalized spacial score (nSPS) is 10.8. The number of anilines is 1. The van der Waals surface area contributed by atoms with Gasteiger partial charge in [-0.1, -0.05) is 6.07 Å². The number of benzene rings is 2. The molecule has 0 aliphatic carbocycles. The van der Waals surface area contributed by atoms with Gasteiger partial charge in [-0.05, 0) is 36.4 Å². The highest BCUT2D eigenvalue weighted by Crippen LogP contribution is 2.28. The smallest absolute Gasteiger partial charge is 0.273 e. The number of hydrogen-bond acceptors (Lipinski definition) is 5. The Morgan fingerprint density at radius 1 is 1.10 bits per heavy atom. The topological polar surface area (TPSA) is 93.5 Å². The Morgan fingerprint density at radius 2 is 1.84 bits per heavy atom. The summed E-state index contributed by atoms with van der Waals surface area (Å²) < 4.78 is 33.3. The highest BCUT2D eigenvalue weighted by Gasteiger charge is 2.24. The molecule has 31 heavy (non-hydrogen) atoms. The molecule has 2 aromatic carbocycles. The standard InChI is InChI=1S/C22H15F2N3O4/c1-31-16-5-2-4-15(11-16)27-20-17(6-3-7-25-20)19(28)18(22(27)30)21(29)26-14-9-12(23)8-13(24)10-14/h2-11,28H,1H3,(H,26,29). The predicted octanol–water partition coefficient (Wildman–Crippen LogP) is 3.63. The number of halogens is 2. The Kier molecular flexibility index (Phi) is 5.08. The molecule has 2 N–H and O–H groups in total. The van der Waals surface area contributed by atoms with Gasteiger partial charge in [0.25, 0.3) is 11.5 Å². The van der Waals surface area contributed by atoms with Gasteiger partial charge in [0, 0.05) is 24.0 Å². The fourth-order valence-electron chi connectivity index (χ4n) is 3.22. The third kappa shape index (κ3) is 3.68. The van der Waals surface area contributed by atoms with Crippen molar-refractivity contribution < 1.29 is 23.4 Å². The van der Waals surface area contributed by atoms with Crippen LogP contribution in [0.2, 0.25) is 0 Å². The van der Waals surface area contributed by atoms with Gasteiger partial charge in [-0.2, -0.15) is 0 Å². The maximum atomic E-state index is 13.5. The highest BCUT2D eigenvalue weighted by molar-refractivity contribution is 6.09. The minimum atomic E-state index is -1.03. The molecule has 0 unspecified atom stereocenters. The van der Waals surface area contributed by atoms with Crippen molar-refractivity contribution in [2.45, 2.75) is 0 Å². The van der Waals surface area contributed by atoms with E-state index in [1.807, 2.05) is 0 Å². The van der Waals surface area contributed by atoms with E-state index in [-0.39, 0.29) is 16.7 Å². The van der Waals surface area contributed by atoms with Gasteiger partial charge in [-0.15, -0.1) is 0 Å². The molecule has 2 aromatic heterocycles. The second kappa shape index (κ2) is 7.86. The van der Waals surface area contributed by atoms with Crippen molar-refractivity contribution >= 4 is 22.6 Å². The van der Waals surface area contributed by atoms with Crippen molar-refractivity contribution in [3.63, 3.8) is 0 Å². The lowest BCUT2D eigenvalue weighted by Gasteiger charge is -2.15. The maximum absolute atomic E-state index is 13.5. The molecule has 0 saturated heterocycles. The van der Waals surface area contributed by atoms with Crippen molar-refractivity contribution in [1.82, 2.24) is 9.55 Å². The van der Waals surface area contributed by atoms with Crippen molar-refractivity contribution in [3.8, 4) is 17.2 Å². The monoisotopic (exact) mass is 423 g/mol. The number of methoxy groups -OCH3 is 1. The molecular formula is C22H15F2N3O4. The number of aromatic nitrogens is 2. The summed E-state index contributed by atoms with van der Waals surface area (Å²) >= 11 is 0. The first-order valence-electron chi connectivity index (χ1n) is 9.03.